The fraction of sp³-hybridized carbons (Fsp3) is 0.833. The van der Waals surface area contributed by atoms with Gasteiger partial charge in [0.05, 0.1) is 5.92 Å². The summed E-state index contributed by atoms with van der Waals surface area (Å²) in [6.45, 7) is 2.10. The third-order valence-corrected chi connectivity index (χ3v) is 7.74. The molecule has 0 radical (unpaired) electrons. The molecule has 3 aliphatic rings. The first-order valence-electron chi connectivity index (χ1n) is 11.3. The minimum atomic E-state index is -3.98. The van der Waals surface area contributed by atoms with Crippen molar-refractivity contribution < 1.29 is 13.2 Å². The third-order valence-electron chi connectivity index (χ3n) is 7.74. The zero-order valence-electron chi connectivity index (χ0n) is 16.9. The average molecular weight is 383 g/mol. The summed E-state index contributed by atoms with van der Waals surface area (Å²) in [6, 6.07) is 0. The molecule has 2 saturated carbocycles. The fourth-order valence-corrected chi connectivity index (χ4v) is 5.91. The predicted octanol–water partition coefficient (Wildman–Crippen LogP) is 8.24. The van der Waals surface area contributed by atoms with Gasteiger partial charge in [-0.05, 0) is 101 Å². The van der Waals surface area contributed by atoms with Gasteiger partial charge in [-0.1, -0.05) is 36.6 Å². The van der Waals surface area contributed by atoms with Gasteiger partial charge in [-0.15, -0.1) is 0 Å². The lowest BCUT2D eigenvalue weighted by molar-refractivity contribution is -0.183. The van der Waals surface area contributed by atoms with Crippen LogP contribution in [0.15, 0.2) is 23.8 Å². The molecule has 0 aromatic carbocycles. The van der Waals surface area contributed by atoms with Gasteiger partial charge >= 0.3 is 6.18 Å². The SMILES string of the molecule is C/C=C/CCC1CCC(C2CC=C(C3CCC(C(F)(F)F)CC3)CC2)CC1. The Morgan fingerprint density at radius 3 is 2.19 bits per heavy atom. The number of hydrogen-bond acceptors (Lipinski definition) is 0. The molecule has 3 aliphatic carbocycles. The van der Waals surface area contributed by atoms with E-state index in [9.17, 15) is 13.2 Å². The van der Waals surface area contributed by atoms with Crippen LogP contribution in [0.3, 0.4) is 0 Å². The lowest BCUT2D eigenvalue weighted by Gasteiger charge is -2.37. The van der Waals surface area contributed by atoms with E-state index in [1.54, 1.807) is 0 Å². The van der Waals surface area contributed by atoms with Gasteiger partial charge in [-0.2, -0.15) is 13.2 Å². The number of alkyl halides is 3. The van der Waals surface area contributed by atoms with Gasteiger partial charge in [-0.3, -0.25) is 0 Å². The Labute approximate surface area is 163 Å². The van der Waals surface area contributed by atoms with Crippen LogP contribution < -0.4 is 0 Å². The number of hydrogen-bond donors (Lipinski definition) is 0. The van der Waals surface area contributed by atoms with E-state index in [0.29, 0.717) is 18.8 Å². The first-order valence-corrected chi connectivity index (χ1v) is 11.3. The molecule has 0 aromatic heterocycles. The Balaban J connectivity index is 1.40. The van der Waals surface area contributed by atoms with Crippen molar-refractivity contribution in [1.82, 2.24) is 0 Å². The molecule has 27 heavy (non-hydrogen) atoms. The smallest absolute Gasteiger partial charge is 0.171 e. The van der Waals surface area contributed by atoms with Gasteiger partial charge in [0.15, 0.2) is 0 Å². The van der Waals surface area contributed by atoms with Crippen LogP contribution in [0.2, 0.25) is 0 Å². The monoisotopic (exact) mass is 382 g/mol. The first-order chi connectivity index (χ1) is 13.0. The summed E-state index contributed by atoms with van der Waals surface area (Å²) in [5.41, 5.74) is 1.49. The van der Waals surface area contributed by atoms with E-state index in [4.69, 9.17) is 0 Å². The molecule has 0 heterocycles. The number of halogens is 3. The highest BCUT2D eigenvalue weighted by Crippen LogP contribution is 2.46. The second-order valence-corrected chi connectivity index (χ2v) is 9.33. The Kier molecular flexibility index (Phi) is 7.50. The van der Waals surface area contributed by atoms with Crippen molar-refractivity contribution >= 4 is 0 Å². The van der Waals surface area contributed by atoms with E-state index in [-0.39, 0.29) is 0 Å². The van der Waals surface area contributed by atoms with Gasteiger partial charge in [0.1, 0.15) is 0 Å². The van der Waals surface area contributed by atoms with Crippen LogP contribution in [-0.4, -0.2) is 6.18 Å². The van der Waals surface area contributed by atoms with E-state index < -0.39 is 12.1 Å². The normalized spacial score (nSPS) is 36.0. The summed E-state index contributed by atoms with van der Waals surface area (Å²) in [4.78, 5) is 0. The topological polar surface area (TPSA) is 0 Å². The zero-order valence-corrected chi connectivity index (χ0v) is 16.9. The van der Waals surface area contributed by atoms with Crippen LogP contribution in [0.5, 0.6) is 0 Å². The second-order valence-electron chi connectivity index (χ2n) is 9.33. The van der Waals surface area contributed by atoms with Crippen LogP contribution in [0.1, 0.15) is 90.4 Å². The molecule has 0 spiro atoms. The Hall–Kier alpha value is -0.730. The fourth-order valence-electron chi connectivity index (χ4n) is 5.91. The lowest BCUT2D eigenvalue weighted by Crippen LogP contribution is -2.29. The highest BCUT2D eigenvalue weighted by molar-refractivity contribution is 5.12. The van der Waals surface area contributed by atoms with Crippen molar-refractivity contribution in [2.24, 2.45) is 29.6 Å². The molecule has 0 N–H and O–H groups in total. The van der Waals surface area contributed by atoms with Gasteiger partial charge in [0.2, 0.25) is 0 Å². The van der Waals surface area contributed by atoms with Gasteiger partial charge in [0, 0.05) is 0 Å². The summed E-state index contributed by atoms with van der Waals surface area (Å²) in [6.07, 6.45) is 16.9. The van der Waals surface area contributed by atoms with Crippen molar-refractivity contribution in [2.45, 2.75) is 96.6 Å². The zero-order chi connectivity index (χ0) is 19.3. The van der Waals surface area contributed by atoms with E-state index in [0.717, 1.165) is 37.0 Å². The molecule has 2 fully saturated rings. The molecule has 0 nitrogen and oxygen atoms in total. The highest BCUT2D eigenvalue weighted by Gasteiger charge is 2.42. The summed E-state index contributed by atoms with van der Waals surface area (Å²) in [5.74, 6) is 2.04. The predicted molar refractivity (Wildman–Crippen MR) is 106 cm³/mol. The molecule has 3 heteroatoms. The van der Waals surface area contributed by atoms with Crippen molar-refractivity contribution in [3.05, 3.63) is 23.8 Å². The standard InChI is InChI=1S/C24H37F3/c1-2-3-4-5-18-6-8-19(9-7-18)20-10-12-21(13-11-20)22-14-16-23(17-15-22)24(25,26)27/h2-3,12,18-20,22-23H,4-11,13-17H2,1H3/b3-2+. The third kappa shape index (κ3) is 5.87. The molecular formula is C24H37F3. The van der Waals surface area contributed by atoms with Crippen molar-refractivity contribution in [1.29, 1.82) is 0 Å². The molecule has 0 saturated heterocycles. The molecule has 1 atom stereocenters. The first kappa shape index (κ1) is 21.0. The average Bonchev–Trinajstić information content (AvgIpc) is 2.68. The second kappa shape index (κ2) is 9.65. The number of allylic oxidation sites excluding steroid dienone is 4. The van der Waals surface area contributed by atoms with E-state index in [1.807, 2.05) is 0 Å². The Bertz CT molecular complexity index is 500. The molecule has 0 bridgehead atoms. The highest BCUT2D eigenvalue weighted by atomic mass is 19.4. The minimum absolute atomic E-state index is 0.339. The molecule has 154 valence electrons. The van der Waals surface area contributed by atoms with E-state index in [2.05, 4.69) is 25.2 Å². The summed E-state index contributed by atoms with van der Waals surface area (Å²) < 4.78 is 38.6. The van der Waals surface area contributed by atoms with E-state index in [1.165, 1.54) is 56.9 Å². The summed E-state index contributed by atoms with van der Waals surface area (Å²) in [5, 5.41) is 0. The van der Waals surface area contributed by atoms with Gasteiger partial charge in [0.25, 0.3) is 0 Å². The van der Waals surface area contributed by atoms with E-state index >= 15 is 0 Å². The minimum Gasteiger partial charge on any atom is -0.171 e. The van der Waals surface area contributed by atoms with Crippen LogP contribution >= 0.6 is 0 Å². The van der Waals surface area contributed by atoms with Crippen molar-refractivity contribution in [3.63, 3.8) is 0 Å². The van der Waals surface area contributed by atoms with Crippen LogP contribution in [0.25, 0.3) is 0 Å². The van der Waals surface area contributed by atoms with Gasteiger partial charge in [-0.25, -0.2) is 0 Å². The van der Waals surface area contributed by atoms with Crippen molar-refractivity contribution in [2.75, 3.05) is 0 Å². The van der Waals surface area contributed by atoms with Crippen LogP contribution in [0.4, 0.5) is 13.2 Å². The van der Waals surface area contributed by atoms with Crippen LogP contribution in [0, 0.1) is 29.6 Å². The molecule has 1 unspecified atom stereocenters. The molecule has 0 aliphatic heterocycles. The Morgan fingerprint density at radius 2 is 1.63 bits per heavy atom. The van der Waals surface area contributed by atoms with Crippen LogP contribution in [-0.2, 0) is 0 Å². The van der Waals surface area contributed by atoms with Gasteiger partial charge < -0.3 is 0 Å². The largest absolute Gasteiger partial charge is 0.391 e. The summed E-state index contributed by atoms with van der Waals surface area (Å²) in [7, 11) is 0. The number of rotatable bonds is 5. The quantitative estimate of drug-likeness (QED) is 0.420. The Morgan fingerprint density at radius 1 is 0.926 bits per heavy atom. The molecule has 0 aromatic rings. The summed E-state index contributed by atoms with van der Waals surface area (Å²) >= 11 is 0. The molecule has 0 amide bonds. The molecular weight excluding hydrogens is 345 g/mol. The maximum Gasteiger partial charge on any atom is 0.391 e. The maximum atomic E-state index is 12.9. The molecule has 3 rings (SSSR count). The maximum absolute atomic E-state index is 12.9. The van der Waals surface area contributed by atoms with Crippen molar-refractivity contribution in [3.8, 4) is 0 Å². The lowest BCUT2D eigenvalue weighted by atomic mass is 9.68.